The van der Waals surface area contributed by atoms with Crippen LogP contribution in [0.15, 0.2) is 48.5 Å². The first kappa shape index (κ1) is 16.6. The highest BCUT2D eigenvalue weighted by atomic mass is 35.5. The fourth-order valence-electron chi connectivity index (χ4n) is 2.30. The van der Waals surface area contributed by atoms with Crippen molar-refractivity contribution in [1.82, 2.24) is 9.97 Å². The van der Waals surface area contributed by atoms with Gasteiger partial charge < -0.3 is 16.2 Å². The number of benzene rings is 2. The molecule has 0 aliphatic rings. The minimum Gasteiger partial charge on any atom is -0.489 e. The van der Waals surface area contributed by atoms with Crippen LogP contribution in [0.5, 0.6) is 5.75 Å². The quantitative estimate of drug-likeness (QED) is 0.745. The predicted molar refractivity (Wildman–Crippen MR) is 96.8 cm³/mol. The van der Waals surface area contributed by atoms with Crippen LogP contribution in [-0.4, -0.2) is 9.97 Å². The molecule has 1 heterocycles. The Morgan fingerprint density at radius 1 is 1.08 bits per heavy atom. The van der Waals surface area contributed by atoms with Crippen molar-refractivity contribution in [1.29, 1.82) is 5.26 Å². The zero-order valence-corrected chi connectivity index (χ0v) is 13.9. The first-order chi connectivity index (χ1) is 12.1. The lowest BCUT2D eigenvalue weighted by atomic mass is 10.1. The Morgan fingerprint density at radius 3 is 2.56 bits per heavy atom. The maximum atomic E-state index is 9.30. The van der Waals surface area contributed by atoms with E-state index >= 15 is 0 Å². The second kappa shape index (κ2) is 7.07. The van der Waals surface area contributed by atoms with E-state index in [0.29, 0.717) is 28.6 Å². The van der Waals surface area contributed by atoms with Gasteiger partial charge in [-0.2, -0.15) is 10.2 Å². The summed E-state index contributed by atoms with van der Waals surface area (Å²) in [7, 11) is 0. The Bertz CT molecular complexity index is 951. The number of nitrogens with zero attached hydrogens (tertiary/aromatic N) is 3. The fraction of sp³-hybridized carbons (Fsp3) is 0.0556. The number of nitriles is 1. The van der Waals surface area contributed by atoms with Crippen molar-refractivity contribution in [3.05, 3.63) is 64.7 Å². The fourth-order valence-corrected chi connectivity index (χ4v) is 2.42. The lowest BCUT2D eigenvalue weighted by Crippen LogP contribution is -2.05. The van der Waals surface area contributed by atoms with Crippen molar-refractivity contribution in [3.63, 3.8) is 0 Å². The van der Waals surface area contributed by atoms with Crippen molar-refractivity contribution in [2.24, 2.45) is 0 Å². The second-order valence-electron chi connectivity index (χ2n) is 5.25. The van der Waals surface area contributed by atoms with Gasteiger partial charge in [-0.15, -0.1) is 0 Å². The molecule has 3 aromatic rings. The van der Waals surface area contributed by atoms with E-state index in [1.165, 1.54) is 0 Å². The summed E-state index contributed by atoms with van der Waals surface area (Å²) in [4.78, 5) is 7.95. The highest BCUT2D eigenvalue weighted by molar-refractivity contribution is 6.30. The molecule has 6 nitrogen and oxygen atoms in total. The van der Waals surface area contributed by atoms with Gasteiger partial charge in [0.05, 0.1) is 5.69 Å². The van der Waals surface area contributed by atoms with Gasteiger partial charge in [-0.3, -0.25) is 0 Å². The van der Waals surface area contributed by atoms with Crippen molar-refractivity contribution < 1.29 is 4.74 Å². The van der Waals surface area contributed by atoms with Gasteiger partial charge in [-0.25, -0.2) is 4.98 Å². The van der Waals surface area contributed by atoms with E-state index < -0.39 is 0 Å². The molecule has 0 saturated heterocycles. The summed E-state index contributed by atoms with van der Waals surface area (Å²) >= 11 is 5.87. The van der Waals surface area contributed by atoms with E-state index in [9.17, 15) is 5.26 Å². The van der Waals surface area contributed by atoms with Gasteiger partial charge in [-0.1, -0.05) is 35.9 Å². The zero-order valence-electron chi connectivity index (χ0n) is 13.1. The van der Waals surface area contributed by atoms with E-state index in [1.54, 1.807) is 12.1 Å². The summed E-state index contributed by atoms with van der Waals surface area (Å²) in [5, 5.41) is 9.98. The molecule has 0 saturated carbocycles. The monoisotopic (exact) mass is 351 g/mol. The van der Waals surface area contributed by atoms with Gasteiger partial charge in [0.1, 0.15) is 29.8 Å². The molecule has 0 aliphatic carbocycles. The van der Waals surface area contributed by atoms with Crippen LogP contribution in [0.1, 0.15) is 11.1 Å². The molecule has 0 atom stereocenters. The minimum absolute atomic E-state index is 0.0129. The molecule has 2 aromatic carbocycles. The molecule has 4 N–H and O–H groups in total. The number of rotatable bonds is 4. The molecule has 0 unspecified atom stereocenters. The second-order valence-corrected chi connectivity index (χ2v) is 5.68. The highest BCUT2D eigenvalue weighted by Gasteiger charge is 2.13. The third-order valence-corrected chi connectivity index (χ3v) is 3.74. The van der Waals surface area contributed by atoms with Crippen molar-refractivity contribution in [3.8, 4) is 23.1 Å². The lowest BCUT2D eigenvalue weighted by molar-refractivity contribution is 0.306. The molecule has 0 aliphatic heterocycles. The van der Waals surface area contributed by atoms with E-state index in [0.717, 1.165) is 5.56 Å². The van der Waals surface area contributed by atoms with Crippen LogP contribution < -0.4 is 16.2 Å². The molecular formula is C18H14ClN5O. The van der Waals surface area contributed by atoms with Gasteiger partial charge >= 0.3 is 0 Å². The van der Waals surface area contributed by atoms with Crippen LogP contribution in [0.3, 0.4) is 0 Å². The Balaban J connectivity index is 1.87. The SMILES string of the molecule is N#Cc1c(N)nc(N)nc1-c1cccc(OCc2ccc(Cl)cc2)c1. The number of ether oxygens (including phenoxy) is 1. The summed E-state index contributed by atoms with van der Waals surface area (Å²) in [6.07, 6.45) is 0. The van der Waals surface area contributed by atoms with Crippen LogP contribution in [0.2, 0.25) is 5.02 Å². The number of nitrogen functional groups attached to an aromatic ring is 2. The summed E-state index contributed by atoms with van der Waals surface area (Å²) in [5.74, 6) is 0.698. The van der Waals surface area contributed by atoms with Crippen molar-refractivity contribution in [2.75, 3.05) is 11.5 Å². The molecule has 1 aromatic heterocycles. The molecule has 0 bridgehead atoms. The molecule has 124 valence electrons. The molecule has 25 heavy (non-hydrogen) atoms. The van der Waals surface area contributed by atoms with E-state index in [1.807, 2.05) is 42.5 Å². The van der Waals surface area contributed by atoms with E-state index in [4.69, 9.17) is 27.8 Å². The Hall–Kier alpha value is -3.30. The highest BCUT2D eigenvalue weighted by Crippen LogP contribution is 2.28. The predicted octanol–water partition coefficient (Wildman–Crippen LogP) is 3.41. The van der Waals surface area contributed by atoms with Crippen molar-refractivity contribution in [2.45, 2.75) is 6.61 Å². The summed E-state index contributed by atoms with van der Waals surface area (Å²) in [5.41, 5.74) is 13.6. The number of aromatic nitrogens is 2. The van der Waals surface area contributed by atoms with Crippen LogP contribution in [0.25, 0.3) is 11.3 Å². The number of anilines is 2. The molecule has 0 amide bonds. The van der Waals surface area contributed by atoms with Crippen LogP contribution in [0, 0.1) is 11.3 Å². The number of nitrogens with two attached hydrogens (primary N) is 2. The third kappa shape index (κ3) is 3.79. The van der Waals surface area contributed by atoms with Crippen molar-refractivity contribution >= 4 is 23.4 Å². The normalized spacial score (nSPS) is 10.2. The topological polar surface area (TPSA) is 111 Å². The standard InChI is InChI=1S/C18H14ClN5O/c19-13-6-4-11(5-7-13)10-25-14-3-1-2-12(8-14)16-15(9-20)17(21)24-18(22)23-16/h1-8H,10H2,(H4,21,22,23,24). The molecule has 0 spiro atoms. The van der Waals surface area contributed by atoms with E-state index in [2.05, 4.69) is 9.97 Å². The summed E-state index contributed by atoms with van der Waals surface area (Å²) in [6, 6.07) is 16.6. The van der Waals surface area contributed by atoms with Crippen LogP contribution in [0.4, 0.5) is 11.8 Å². The average Bonchev–Trinajstić information content (AvgIpc) is 2.61. The number of halogens is 1. The van der Waals surface area contributed by atoms with Gasteiger partial charge in [0, 0.05) is 10.6 Å². The van der Waals surface area contributed by atoms with Crippen LogP contribution in [-0.2, 0) is 6.61 Å². The maximum absolute atomic E-state index is 9.30. The first-order valence-corrected chi connectivity index (χ1v) is 7.75. The molecule has 7 heteroatoms. The first-order valence-electron chi connectivity index (χ1n) is 7.37. The number of hydrogen-bond donors (Lipinski definition) is 2. The van der Waals surface area contributed by atoms with Crippen LogP contribution >= 0.6 is 11.6 Å². The maximum Gasteiger partial charge on any atom is 0.222 e. The third-order valence-electron chi connectivity index (χ3n) is 3.49. The summed E-state index contributed by atoms with van der Waals surface area (Å²) in [6.45, 7) is 0.389. The van der Waals surface area contributed by atoms with Gasteiger partial charge in [-0.05, 0) is 29.8 Å². The lowest BCUT2D eigenvalue weighted by Gasteiger charge is -2.10. The molecule has 3 rings (SSSR count). The minimum atomic E-state index is 0.0129. The summed E-state index contributed by atoms with van der Waals surface area (Å²) < 4.78 is 5.80. The zero-order chi connectivity index (χ0) is 17.8. The Kier molecular flexibility index (Phi) is 4.68. The van der Waals surface area contributed by atoms with Gasteiger partial charge in [0.2, 0.25) is 5.95 Å². The smallest absolute Gasteiger partial charge is 0.222 e. The molecule has 0 fully saturated rings. The largest absolute Gasteiger partial charge is 0.489 e. The Labute approximate surface area is 149 Å². The molecule has 0 radical (unpaired) electrons. The molecular weight excluding hydrogens is 338 g/mol. The van der Waals surface area contributed by atoms with Gasteiger partial charge in [0.25, 0.3) is 0 Å². The average molecular weight is 352 g/mol. The Morgan fingerprint density at radius 2 is 1.84 bits per heavy atom. The van der Waals surface area contributed by atoms with Gasteiger partial charge in [0.15, 0.2) is 0 Å². The van der Waals surface area contributed by atoms with E-state index in [-0.39, 0.29) is 17.3 Å². The number of hydrogen-bond acceptors (Lipinski definition) is 6.